The van der Waals surface area contributed by atoms with E-state index in [0.29, 0.717) is 62.0 Å². The first-order valence-corrected chi connectivity index (χ1v) is 25.4. The zero-order valence-electron chi connectivity index (χ0n) is 44.3. The molecule has 18 nitrogen and oxygen atoms in total. The number of halogens is 10. The number of pyridine rings is 1. The molecule has 3 aliphatic heterocycles. The van der Waals surface area contributed by atoms with E-state index in [-0.39, 0.29) is 16.8 Å². The van der Waals surface area contributed by atoms with E-state index in [1.165, 1.54) is 30.3 Å². The number of alkyl halides is 8. The number of nitrogens with one attached hydrogen (secondary N) is 4. The molecule has 7 rings (SSSR count). The Bertz CT molecular complexity index is 2910. The number of fused-ring (bicyclic) bond motifs is 2. The van der Waals surface area contributed by atoms with Gasteiger partial charge in [0.1, 0.15) is 36.1 Å². The maximum absolute atomic E-state index is 16.1. The number of piperazine rings is 1. The van der Waals surface area contributed by atoms with E-state index in [4.69, 9.17) is 4.74 Å². The second-order valence-electron chi connectivity index (χ2n) is 21.1. The van der Waals surface area contributed by atoms with Crippen LogP contribution in [0.15, 0.2) is 67.0 Å². The normalized spacial score (nSPS) is 18.5. The van der Waals surface area contributed by atoms with Crippen LogP contribution in [0.4, 0.5) is 59.3 Å². The molecule has 440 valence electrons. The summed E-state index contributed by atoms with van der Waals surface area (Å²) >= 11 is 0. The van der Waals surface area contributed by atoms with Crippen molar-refractivity contribution in [1.29, 1.82) is 0 Å². The summed E-state index contributed by atoms with van der Waals surface area (Å²) in [4.78, 5) is 61.6. The van der Waals surface area contributed by atoms with Crippen molar-refractivity contribution in [2.75, 3.05) is 44.9 Å². The highest BCUT2D eigenvalue weighted by molar-refractivity contribution is 5.87. The number of methoxy groups -OCH3 is 1. The first-order valence-electron chi connectivity index (χ1n) is 25.4. The zero-order chi connectivity index (χ0) is 59.4. The van der Waals surface area contributed by atoms with Gasteiger partial charge in [-0.25, -0.2) is 37.1 Å². The number of nitrogens with zero attached hydrogens (tertiary/aromatic N) is 6. The Labute approximate surface area is 458 Å². The van der Waals surface area contributed by atoms with E-state index < -0.39 is 121 Å². The second kappa shape index (κ2) is 24.9. The van der Waals surface area contributed by atoms with Gasteiger partial charge >= 0.3 is 24.5 Å². The van der Waals surface area contributed by atoms with Crippen molar-refractivity contribution in [1.82, 2.24) is 46.0 Å². The number of anilines is 1. The molecule has 0 spiro atoms. The maximum atomic E-state index is 16.1. The first kappa shape index (κ1) is 61.4. The van der Waals surface area contributed by atoms with Gasteiger partial charge in [-0.2, -0.15) is 31.4 Å². The van der Waals surface area contributed by atoms with Gasteiger partial charge in [-0.3, -0.25) is 24.6 Å². The molecule has 2 aromatic heterocycles. The van der Waals surface area contributed by atoms with E-state index in [1.54, 1.807) is 16.8 Å². The predicted molar refractivity (Wildman–Crippen MR) is 270 cm³/mol. The number of aliphatic hydroxyl groups is 1. The van der Waals surface area contributed by atoms with Crippen molar-refractivity contribution in [2.24, 2.45) is 10.8 Å². The number of carbonyl (C=O) groups is 4. The summed E-state index contributed by atoms with van der Waals surface area (Å²) in [5.41, 5.74) is -4.29. The minimum atomic E-state index is -5.23. The average Bonchev–Trinajstić information content (AvgIpc) is 4.16. The van der Waals surface area contributed by atoms with Gasteiger partial charge in [0.25, 0.3) is 12.3 Å². The van der Waals surface area contributed by atoms with Gasteiger partial charge in [-0.15, -0.1) is 0 Å². The monoisotopic (exact) mass is 1150 g/mol. The Morgan fingerprint density at radius 2 is 1.40 bits per heavy atom. The molecule has 2 unspecified atom stereocenters. The third kappa shape index (κ3) is 14.6. The summed E-state index contributed by atoms with van der Waals surface area (Å²) in [7, 11) is 0.780. The van der Waals surface area contributed by atoms with Crippen LogP contribution < -0.4 is 26.3 Å². The van der Waals surface area contributed by atoms with Crippen LogP contribution in [0.5, 0.6) is 0 Å². The molecule has 3 fully saturated rings. The number of alkyl carbamates (subject to hydrolysis) is 1. The molecule has 3 saturated heterocycles. The molecule has 6 atom stereocenters. The molecule has 2 bridgehead atoms. The number of benzene rings is 2. The molecule has 81 heavy (non-hydrogen) atoms. The lowest BCUT2D eigenvalue weighted by atomic mass is 9.82. The fraction of sp³-hybridized carbons (Fsp3) is 0.509. The lowest BCUT2D eigenvalue weighted by Crippen LogP contribution is -2.63. The molecule has 28 heteroatoms. The third-order valence-electron chi connectivity index (χ3n) is 14.8. The Hall–Kier alpha value is -7.22. The van der Waals surface area contributed by atoms with E-state index in [9.17, 15) is 64.5 Å². The largest absolute Gasteiger partial charge is 0.465 e. The molecule has 2 aromatic carbocycles. The van der Waals surface area contributed by atoms with E-state index >= 15 is 8.78 Å². The average molecular weight is 1160 g/mol. The molecular formula is C53H60F10N10O8. The fourth-order valence-electron chi connectivity index (χ4n) is 9.78. The molecule has 4 amide bonds. The van der Waals surface area contributed by atoms with Crippen molar-refractivity contribution in [3.05, 3.63) is 101 Å². The van der Waals surface area contributed by atoms with Crippen molar-refractivity contribution >= 4 is 29.8 Å². The SMILES string of the molecule is COC(=O)N[C@H](C(=O)NN(Cc1c(F)cc(-c2ccn(CC(F)F)n2)cc1F)C[C@H](O)[C@H](Cc1ccc(C#Cc2ccc(N3CC4CCC(C3)N4C3COC3)nc2)cc1)NC(=O)[C@@H](NC(=O)O)C(C)(C)C(F)(F)F)C(C)(C)C(F)(F)F. The maximum Gasteiger partial charge on any atom is 0.407 e. The summed E-state index contributed by atoms with van der Waals surface area (Å²) < 4.78 is 156. The number of rotatable bonds is 20. The number of hydrogen-bond donors (Lipinski definition) is 6. The summed E-state index contributed by atoms with van der Waals surface area (Å²) in [6.07, 6.45) is -14.6. The molecule has 6 N–H and O–H groups in total. The number of amides is 4. The summed E-state index contributed by atoms with van der Waals surface area (Å²) in [5, 5.41) is 31.5. The van der Waals surface area contributed by atoms with E-state index in [2.05, 4.69) is 41.8 Å². The molecule has 0 saturated carbocycles. The number of aromatic nitrogens is 3. The smallest absolute Gasteiger partial charge is 0.407 e. The molecule has 0 radical (unpaired) electrons. The van der Waals surface area contributed by atoms with Gasteiger partial charge in [0.05, 0.1) is 55.0 Å². The van der Waals surface area contributed by atoms with Crippen LogP contribution in [0.25, 0.3) is 11.3 Å². The zero-order valence-corrected chi connectivity index (χ0v) is 44.3. The lowest BCUT2D eigenvalue weighted by Gasteiger charge is -2.47. The lowest BCUT2D eigenvalue weighted by molar-refractivity contribution is -0.221. The topological polar surface area (TPSA) is 216 Å². The highest BCUT2D eigenvalue weighted by atomic mass is 19.4. The quantitative estimate of drug-likeness (QED) is 0.0322. The van der Waals surface area contributed by atoms with Crippen molar-refractivity contribution in [3.8, 4) is 23.1 Å². The molecule has 5 heterocycles. The third-order valence-corrected chi connectivity index (χ3v) is 14.8. The minimum Gasteiger partial charge on any atom is -0.465 e. The standard InChI is InChI=1S/C53H60F10N10O8/c1-50(2,52(58,59)60)44(66-48(77)78)46(75)65-40(18-30-9-6-29(7-10-30)8-11-31-12-15-43(64-21-31)70-22-33-13-14-34(23-70)73(33)35-27-81-28-35)41(74)25-72(69-47(76)45(67-49(79)80-5)51(3,4)53(61,62)63)24-36-37(54)19-32(20-38(36)55)39-16-17-71(68-39)26-42(56)57/h6-7,9-10,12,15-17,19-21,33-35,40-42,44-45,66,74H,13-14,18,22-28H2,1-5H3,(H,65,75)(H,67,79)(H,69,76)(H,77,78)/t33?,34?,40-,41-,44+,45+/m0/s1. The molecule has 3 aliphatic rings. The van der Waals surface area contributed by atoms with Gasteiger partial charge in [0.2, 0.25) is 5.91 Å². The highest BCUT2D eigenvalue weighted by Gasteiger charge is 2.57. The second-order valence-corrected chi connectivity index (χ2v) is 21.1. The van der Waals surface area contributed by atoms with Gasteiger partial charge in [0, 0.05) is 72.9 Å². The summed E-state index contributed by atoms with van der Waals surface area (Å²) in [6, 6.07) is 6.63. The summed E-state index contributed by atoms with van der Waals surface area (Å²) in [5.74, 6) is 0.729. The molecular weight excluding hydrogens is 1090 g/mol. The Balaban J connectivity index is 1.17. The van der Waals surface area contributed by atoms with Gasteiger partial charge in [-0.1, -0.05) is 24.0 Å². The number of ether oxygens (including phenoxy) is 2. The van der Waals surface area contributed by atoms with Crippen molar-refractivity contribution in [2.45, 2.75) is 121 Å². The number of carbonyl (C=O) groups excluding carboxylic acids is 3. The summed E-state index contributed by atoms with van der Waals surface area (Å²) in [6.45, 7) is 2.14. The van der Waals surface area contributed by atoms with Crippen LogP contribution in [0, 0.1) is 34.3 Å². The van der Waals surface area contributed by atoms with E-state index in [1.807, 2.05) is 17.6 Å². The van der Waals surface area contributed by atoms with Gasteiger partial charge < -0.3 is 40.5 Å². The Morgan fingerprint density at radius 3 is 1.91 bits per heavy atom. The number of hydrogen-bond acceptors (Lipinski definition) is 12. The Morgan fingerprint density at radius 1 is 0.815 bits per heavy atom. The van der Waals surface area contributed by atoms with Crippen LogP contribution in [0.1, 0.15) is 62.8 Å². The van der Waals surface area contributed by atoms with Crippen LogP contribution in [0.2, 0.25) is 0 Å². The van der Waals surface area contributed by atoms with Crippen LogP contribution in [-0.4, -0.2) is 160 Å². The van der Waals surface area contributed by atoms with E-state index in [0.717, 1.165) is 75.1 Å². The molecule has 0 aliphatic carbocycles. The van der Waals surface area contributed by atoms with Crippen LogP contribution >= 0.6 is 0 Å². The van der Waals surface area contributed by atoms with Crippen molar-refractivity contribution in [3.63, 3.8) is 0 Å². The molecule has 4 aromatic rings. The fourth-order valence-corrected chi connectivity index (χ4v) is 9.78. The highest BCUT2D eigenvalue weighted by Crippen LogP contribution is 2.42. The number of hydrazine groups is 1. The number of carboxylic acid groups (broad SMARTS) is 1. The van der Waals surface area contributed by atoms with Crippen LogP contribution in [0.3, 0.4) is 0 Å². The van der Waals surface area contributed by atoms with Gasteiger partial charge in [-0.05, 0) is 95.0 Å². The number of aliphatic hydroxyl groups excluding tert-OH is 1. The van der Waals surface area contributed by atoms with Gasteiger partial charge in [0.15, 0.2) is 0 Å². The minimum absolute atomic E-state index is 0.163. The first-order chi connectivity index (χ1) is 37.9. The van der Waals surface area contributed by atoms with Crippen molar-refractivity contribution < 1.29 is 82.8 Å². The van der Waals surface area contributed by atoms with Crippen LogP contribution in [-0.2, 0) is 38.6 Å². The Kier molecular flexibility index (Phi) is 18.9. The predicted octanol–water partition coefficient (Wildman–Crippen LogP) is 6.40.